The van der Waals surface area contributed by atoms with Crippen LogP contribution in [0, 0.1) is 0 Å². The smallest absolute Gasteiger partial charge is 0.173 e. The molecular formula is C16H38O2Si2. The van der Waals surface area contributed by atoms with Crippen LogP contribution in [0.3, 0.4) is 0 Å². The van der Waals surface area contributed by atoms with Gasteiger partial charge in [0.25, 0.3) is 0 Å². The Morgan fingerprint density at radius 3 is 1.65 bits per heavy atom. The summed E-state index contributed by atoms with van der Waals surface area (Å²) in [5, 5.41) is 0. The first kappa shape index (κ1) is 20.4. The van der Waals surface area contributed by atoms with Gasteiger partial charge in [0, 0.05) is 13.7 Å². The van der Waals surface area contributed by atoms with Gasteiger partial charge in [0.1, 0.15) is 0 Å². The fraction of sp³-hybridized carbons (Fsp3) is 1.00. The van der Waals surface area contributed by atoms with Crippen LogP contribution < -0.4 is 0 Å². The highest BCUT2D eigenvalue weighted by Gasteiger charge is 2.31. The van der Waals surface area contributed by atoms with Crippen LogP contribution in [0.4, 0.5) is 0 Å². The maximum atomic E-state index is 6.66. The van der Waals surface area contributed by atoms with E-state index >= 15 is 0 Å². The van der Waals surface area contributed by atoms with Crippen LogP contribution in [-0.4, -0.2) is 30.4 Å². The predicted octanol–water partition coefficient (Wildman–Crippen LogP) is 5.81. The zero-order valence-corrected chi connectivity index (χ0v) is 16.9. The number of rotatable bonds is 13. The quantitative estimate of drug-likeness (QED) is 0.315. The molecule has 0 bridgehead atoms. The molecule has 0 aromatic heterocycles. The molecule has 0 atom stereocenters. The van der Waals surface area contributed by atoms with E-state index in [4.69, 9.17) is 8.85 Å². The van der Waals surface area contributed by atoms with Crippen molar-refractivity contribution in [2.45, 2.75) is 90.1 Å². The molecule has 0 rings (SSSR count). The molecule has 0 saturated heterocycles. The van der Waals surface area contributed by atoms with Crippen LogP contribution in [0.5, 0.6) is 0 Å². The van der Waals surface area contributed by atoms with Gasteiger partial charge in [0.2, 0.25) is 0 Å². The van der Waals surface area contributed by atoms with Gasteiger partial charge in [-0.1, -0.05) is 45.4 Å². The Labute approximate surface area is 129 Å². The van der Waals surface area contributed by atoms with Crippen LogP contribution in [0.2, 0.25) is 38.3 Å². The predicted molar refractivity (Wildman–Crippen MR) is 95.5 cm³/mol. The summed E-state index contributed by atoms with van der Waals surface area (Å²) in [6, 6.07) is 2.65. The third kappa shape index (κ3) is 12.1. The molecule has 20 heavy (non-hydrogen) atoms. The molecule has 0 amide bonds. The summed E-state index contributed by atoms with van der Waals surface area (Å²) >= 11 is 0. The van der Waals surface area contributed by atoms with Gasteiger partial charge < -0.3 is 8.85 Å². The van der Waals surface area contributed by atoms with Gasteiger partial charge >= 0.3 is 0 Å². The molecule has 0 radical (unpaired) electrons. The van der Waals surface area contributed by atoms with Gasteiger partial charge in [0.15, 0.2) is 16.6 Å². The molecule has 4 heteroatoms. The number of unbranched alkanes of at least 4 members (excludes halogenated alkanes) is 5. The molecule has 0 aromatic carbocycles. The molecule has 0 saturated carbocycles. The van der Waals surface area contributed by atoms with Crippen molar-refractivity contribution in [3.8, 4) is 0 Å². The Bertz CT molecular complexity index is 231. The monoisotopic (exact) mass is 318 g/mol. The van der Waals surface area contributed by atoms with Crippen LogP contribution >= 0.6 is 0 Å². The number of ether oxygens (including phenoxy) is 1. The van der Waals surface area contributed by atoms with E-state index in [0.717, 1.165) is 6.61 Å². The van der Waals surface area contributed by atoms with E-state index in [9.17, 15) is 0 Å². The van der Waals surface area contributed by atoms with Gasteiger partial charge in [-0.3, -0.25) is 0 Å². The number of methoxy groups -OCH3 is 1. The second-order valence-corrected chi connectivity index (χ2v) is 16.1. The van der Waals surface area contributed by atoms with Crippen molar-refractivity contribution in [2.75, 3.05) is 13.7 Å². The molecule has 0 spiro atoms. The largest absolute Gasteiger partial charge is 0.455 e. The van der Waals surface area contributed by atoms with Crippen LogP contribution in [0.15, 0.2) is 0 Å². The van der Waals surface area contributed by atoms with Crippen molar-refractivity contribution < 1.29 is 8.85 Å². The average molecular weight is 319 g/mol. The second-order valence-electron chi connectivity index (χ2n) is 7.24. The maximum absolute atomic E-state index is 6.66. The zero-order valence-electron chi connectivity index (χ0n) is 14.9. The highest BCUT2D eigenvalue weighted by atomic mass is 28.4. The molecule has 0 aliphatic heterocycles. The Morgan fingerprint density at radius 1 is 0.700 bits per heavy atom. The summed E-state index contributed by atoms with van der Waals surface area (Å²) in [6.45, 7) is 12.8. The van der Waals surface area contributed by atoms with E-state index < -0.39 is 16.6 Å². The fourth-order valence-electron chi connectivity index (χ4n) is 2.80. The molecule has 0 heterocycles. The molecule has 122 valence electrons. The highest BCUT2D eigenvalue weighted by molar-refractivity contribution is 6.84. The standard InChI is InChI=1S/C16H38O2Si2/c1-7-8-9-12-15-19(3,4)18-20(5,6)16-13-10-11-14-17-2/h7-16H2,1-6H3. The molecule has 0 aromatic rings. The number of hydrogen-bond donors (Lipinski definition) is 0. The summed E-state index contributed by atoms with van der Waals surface area (Å²) in [6.07, 6.45) is 9.24. The Hall–Kier alpha value is 0.354. The lowest BCUT2D eigenvalue weighted by Crippen LogP contribution is -2.44. The minimum absolute atomic E-state index is 0.903. The lowest BCUT2D eigenvalue weighted by atomic mass is 10.2. The van der Waals surface area contributed by atoms with E-state index in [2.05, 4.69) is 33.1 Å². The van der Waals surface area contributed by atoms with Gasteiger partial charge in [-0.15, -0.1) is 0 Å². The summed E-state index contributed by atoms with van der Waals surface area (Å²) in [4.78, 5) is 0. The van der Waals surface area contributed by atoms with Crippen molar-refractivity contribution in [3.63, 3.8) is 0 Å². The molecular weight excluding hydrogens is 280 g/mol. The maximum Gasteiger partial charge on any atom is 0.173 e. The average Bonchev–Trinajstić information content (AvgIpc) is 2.33. The second kappa shape index (κ2) is 11.0. The van der Waals surface area contributed by atoms with Crippen LogP contribution in [0.25, 0.3) is 0 Å². The van der Waals surface area contributed by atoms with Crippen molar-refractivity contribution in [2.24, 2.45) is 0 Å². The summed E-state index contributed by atoms with van der Waals surface area (Å²) in [5.74, 6) is 0. The lowest BCUT2D eigenvalue weighted by molar-refractivity contribution is 0.192. The van der Waals surface area contributed by atoms with E-state index in [1.807, 2.05) is 0 Å². The van der Waals surface area contributed by atoms with E-state index in [1.165, 1.54) is 57.0 Å². The summed E-state index contributed by atoms with van der Waals surface area (Å²) < 4.78 is 11.8. The van der Waals surface area contributed by atoms with E-state index in [0.29, 0.717) is 0 Å². The first-order valence-corrected chi connectivity index (χ1v) is 14.8. The summed E-state index contributed by atoms with van der Waals surface area (Å²) in [7, 11) is -1.09. The SMILES string of the molecule is CCCCCC[Si](C)(C)O[Si](C)(C)CCCCCOC. The first-order valence-electron chi connectivity index (χ1n) is 8.52. The Balaban J connectivity index is 3.89. The zero-order chi connectivity index (χ0) is 15.5. The number of hydrogen-bond acceptors (Lipinski definition) is 2. The van der Waals surface area contributed by atoms with Gasteiger partial charge in [0.05, 0.1) is 0 Å². The van der Waals surface area contributed by atoms with Crippen molar-refractivity contribution in [3.05, 3.63) is 0 Å². The Morgan fingerprint density at radius 2 is 1.20 bits per heavy atom. The third-order valence-electron chi connectivity index (χ3n) is 3.81. The van der Waals surface area contributed by atoms with Crippen molar-refractivity contribution in [1.82, 2.24) is 0 Å². The van der Waals surface area contributed by atoms with Crippen LogP contribution in [0.1, 0.15) is 51.9 Å². The molecule has 2 nitrogen and oxygen atoms in total. The normalized spacial score (nSPS) is 12.9. The molecule has 0 N–H and O–H groups in total. The molecule has 0 unspecified atom stereocenters. The van der Waals surface area contributed by atoms with Crippen molar-refractivity contribution >= 4 is 16.6 Å². The topological polar surface area (TPSA) is 18.5 Å². The highest BCUT2D eigenvalue weighted by Crippen LogP contribution is 2.25. The minimum atomic E-state index is -1.45. The molecule has 0 aliphatic carbocycles. The van der Waals surface area contributed by atoms with E-state index in [1.54, 1.807) is 7.11 Å². The van der Waals surface area contributed by atoms with Gasteiger partial charge in [-0.05, 0) is 44.7 Å². The van der Waals surface area contributed by atoms with E-state index in [-0.39, 0.29) is 0 Å². The lowest BCUT2D eigenvalue weighted by Gasteiger charge is -2.34. The molecule has 0 aliphatic rings. The minimum Gasteiger partial charge on any atom is -0.455 e. The first-order chi connectivity index (χ1) is 9.33. The third-order valence-corrected chi connectivity index (χ3v) is 11.3. The van der Waals surface area contributed by atoms with Gasteiger partial charge in [-0.2, -0.15) is 0 Å². The van der Waals surface area contributed by atoms with Gasteiger partial charge in [-0.25, -0.2) is 0 Å². The fourth-order valence-corrected chi connectivity index (χ4v) is 11.8. The summed E-state index contributed by atoms with van der Waals surface area (Å²) in [5.41, 5.74) is 0. The molecule has 0 fully saturated rings. The van der Waals surface area contributed by atoms with Crippen molar-refractivity contribution in [1.29, 1.82) is 0 Å². The Kier molecular flexibility index (Phi) is 11.2. The van der Waals surface area contributed by atoms with Crippen LogP contribution in [-0.2, 0) is 8.85 Å².